The van der Waals surface area contributed by atoms with Gasteiger partial charge in [0.1, 0.15) is 43.7 Å². The quantitative estimate of drug-likeness (QED) is 0.156. The molecule has 0 bridgehead atoms. The summed E-state index contributed by atoms with van der Waals surface area (Å²) in [5.74, 6) is 0.380. The van der Waals surface area contributed by atoms with Gasteiger partial charge in [-0.3, -0.25) is 14.4 Å². The highest BCUT2D eigenvalue weighted by Gasteiger charge is 2.54. The van der Waals surface area contributed by atoms with E-state index in [-0.39, 0.29) is 42.5 Å². The lowest BCUT2D eigenvalue weighted by Gasteiger charge is -2.42. The normalized spacial score (nSPS) is 25.1. The molecule has 3 unspecified atom stereocenters. The minimum absolute atomic E-state index is 0.0425. The van der Waals surface area contributed by atoms with Crippen molar-refractivity contribution in [3.05, 3.63) is 35.6 Å². The number of carbonyl (C=O) groups excluding carboxylic acids is 1. The number of nitrogens with two attached hydrogens (primary N) is 1. The number of aromatic nitrogens is 4. The average molecular weight is 653 g/mol. The molecular formula is C28H38ClN6O8P. The Balaban J connectivity index is 1.34. The topological polar surface area (TPSA) is 185 Å². The van der Waals surface area contributed by atoms with Crippen molar-refractivity contribution in [1.29, 1.82) is 0 Å². The number of ether oxygens (including phenoxy) is 4. The molecule has 0 radical (unpaired) electrons. The van der Waals surface area contributed by atoms with Crippen LogP contribution in [0.1, 0.15) is 53.2 Å². The molecular weight excluding hydrogens is 615 g/mol. The number of benzene rings is 1. The number of hydrogen-bond acceptors (Lipinski definition) is 13. The summed E-state index contributed by atoms with van der Waals surface area (Å²) in [7, 11) is -1.61. The van der Waals surface area contributed by atoms with Gasteiger partial charge < -0.3 is 39.4 Å². The van der Waals surface area contributed by atoms with Crippen LogP contribution in [0.2, 0.25) is 5.02 Å². The lowest BCUT2D eigenvalue weighted by atomic mass is 9.78. The highest BCUT2D eigenvalue weighted by Crippen LogP contribution is 2.46. The number of anilines is 1. The predicted octanol–water partition coefficient (Wildman–Crippen LogP) is 3.30. The van der Waals surface area contributed by atoms with E-state index in [4.69, 9.17) is 40.8 Å². The predicted molar refractivity (Wildman–Crippen MR) is 162 cm³/mol. The first-order valence-electron chi connectivity index (χ1n) is 14.4. The molecule has 16 heteroatoms. The summed E-state index contributed by atoms with van der Waals surface area (Å²) in [5.41, 5.74) is 3.84. The fourth-order valence-corrected chi connectivity index (χ4v) is 6.80. The smallest absolute Gasteiger partial charge is 0.326 e. The van der Waals surface area contributed by atoms with E-state index in [9.17, 15) is 15.0 Å². The lowest BCUT2D eigenvalue weighted by Crippen LogP contribution is -2.56. The molecule has 5 atom stereocenters. The number of hydrogen-bond donors (Lipinski definition) is 4. The molecule has 3 aromatic rings. The van der Waals surface area contributed by atoms with Crippen molar-refractivity contribution in [2.75, 3.05) is 25.3 Å². The van der Waals surface area contributed by atoms with Crippen LogP contribution in [-0.4, -0.2) is 84.7 Å². The van der Waals surface area contributed by atoms with Crippen molar-refractivity contribution in [2.24, 2.45) is 0 Å². The number of esters is 1. The van der Waals surface area contributed by atoms with Gasteiger partial charge >= 0.3 is 5.97 Å². The molecule has 2 aromatic heterocycles. The van der Waals surface area contributed by atoms with Crippen molar-refractivity contribution < 1.29 is 38.5 Å². The van der Waals surface area contributed by atoms with Crippen molar-refractivity contribution in [1.82, 2.24) is 24.6 Å². The van der Waals surface area contributed by atoms with E-state index < -0.39 is 37.9 Å². The van der Waals surface area contributed by atoms with Gasteiger partial charge in [-0.15, -0.1) is 0 Å². The number of aliphatic hydroxyl groups excluding tert-OH is 1. The molecule has 1 aliphatic heterocycles. The third-order valence-corrected chi connectivity index (χ3v) is 9.28. The van der Waals surface area contributed by atoms with Gasteiger partial charge in [0, 0.05) is 5.02 Å². The SMILES string of the molecule is CCOc1nc(N)nc2c1ncn2C1OC(COP(COc2ccc(Cl)cc2)NC2(C(=O)OC(C)C)CCC2)[C@@H](O)[C@@]1(C)O. The van der Waals surface area contributed by atoms with Crippen molar-refractivity contribution in [3.8, 4) is 11.6 Å². The average Bonchev–Trinajstić information content (AvgIpc) is 3.45. The van der Waals surface area contributed by atoms with E-state index in [0.717, 1.165) is 6.42 Å². The van der Waals surface area contributed by atoms with Gasteiger partial charge in [-0.05, 0) is 71.2 Å². The largest absolute Gasteiger partial charge is 0.485 e. The number of rotatable bonds is 13. The summed E-state index contributed by atoms with van der Waals surface area (Å²) < 4.78 is 31.0. The minimum Gasteiger partial charge on any atom is -0.485 e. The Morgan fingerprint density at radius 3 is 2.64 bits per heavy atom. The number of aliphatic hydroxyl groups is 2. The maximum atomic E-state index is 13.1. The Kier molecular flexibility index (Phi) is 9.81. The van der Waals surface area contributed by atoms with Gasteiger partial charge in [-0.25, -0.2) is 4.98 Å². The van der Waals surface area contributed by atoms with Crippen LogP contribution in [0.3, 0.4) is 0 Å². The number of nitrogens with zero attached hydrogens (tertiary/aromatic N) is 4. The first-order chi connectivity index (χ1) is 20.9. The summed E-state index contributed by atoms with van der Waals surface area (Å²) in [6.07, 6.45) is -0.146. The van der Waals surface area contributed by atoms with E-state index in [1.54, 1.807) is 45.0 Å². The molecule has 5 N–H and O–H groups in total. The molecule has 240 valence electrons. The molecule has 1 aliphatic carbocycles. The van der Waals surface area contributed by atoms with Gasteiger partial charge in [-0.1, -0.05) is 11.6 Å². The molecule has 14 nitrogen and oxygen atoms in total. The minimum atomic E-state index is -1.76. The van der Waals surface area contributed by atoms with Crippen molar-refractivity contribution in [3.63, 3.8) is 0 Å². The molecule has 5 rings (SSSR count). The van der Waals surface area contributed by atoms with E-state index in [1.165, 1.54) is 17.8 Å². The summed E-state index contributed by atoms with van der Waals surface area (Å²) in [6.45, 7) is 7.07. The van der Waals surface area contributed by atoms with Crippen LogP contribution >= 0.6 is 19.9 Å². The number of imidazole rings is 1. The number of halogens is 1. The van der Waals surface area contributed by atoms with E-state index in [0.29, 0.717) is 35.7 Å². The molecule has 2 aliphatic rings. The molecule has 1 aromatic carbocycles. The van der Waals surface area contributed by atoms with Gasteiger partial charge in [0.2, 0.25) is 11.8 Å². The maximum absolute atomic E-state index is 13.1. The number of carbonyl (C=O) groups is 1. The standard InChI is InChI=1S/C28H38ClN6O8P/c1-5-39-23-20-22(32-26(30)33-23)35(14-31-20)24-27(4,38)21(36)19(43-24)13-41-44(15-40-18-9-7-17(29)8-10-18)34-28(11-6-12-28)25(37)42-16(2)3/h7-10,14,16,19,21,24,34,36,38H,5-6,11-13,15H2,1-4H3,(H2,30,32,33)/t19?,21-,24?,27-,44?/m1/s1. The second-order valence-electron chi connectivity index (χ2n) is 11.2. The Morgan fingerprint density at radius 2 is 2.00 bits per heavy atom. The maximum Gasteiger partial charge on any atom is 0.326 e. The highest BCUT2D eigenvalue weighted by molar-refractivity contribution is 7.50. The van der Waals surface area contributed by atoms with E-state index in [2.05, 4.69) is 20.0 Å². The second-order valence-corrected chi connectivity index (χ2v) is 13.2. The van der Waals surface area contributed by atoms with Gasteiger partial charge in [0.25, 0.3) is 0 Å². The third kappa shape index (κ3) is 6.71. The first-order valence-corrected chi connectivity index (χ1v) is 16.2. The van der Waals surface area contributed by atoms with Gasteiger partial charge in [0.05, 0.1) is 25.6 Å². The third-order valence-electron chi connectivity index (χ3n) is 7.53. The zero-order valence-electron chi connectivity index (χ0n) is 25.0. The van der Waals surface area contributed by atoms with Crippen LogP contribution in [0, 0.1) is 0 Å². The van der Waals surface area contributed by atoms with Crippen LogP contribution in [0.25, 0.3) is 11.2 Å². The first kappa shape index (κ1) is 32.6. The highest BCUT2D eigenvalue weighted by atomic mass is 35.5. The number of fused-ring (bicyclic) bond motifs is 1. The monoisotopic (exact) mass is 652 g/mol. The molecule has 44 heavy (non-hydrogen) atoms. The summed E-state index contributed by atoms with van der Waals surface area (Å²) in [4.78, 5) is 25.8. The van der Waals surface area contributed by atoms with Crippen LogP contribution in [0.15, 0.2) is 30.6 Å². The fourth-order valence-electron chi connectivity index (χ4n) is 5.08. The Hall–Kier alpha value is -2.84. The Labute approximate surface area is 261 Å². The van der Waals surface area contributed by atoms with Crippen LogP contribution in [0.5, 0.6) is 11.6 Å². The number of nitrogens with one attached hydrogen (secondary N) is 1. The molecule has 1 saturated carbocycles. The van der Waals surface area contributed by atoms with Crippen molar-refractivity contribution in [2.45, 2.75) is 82.6 Å². The zero-order chi connectivity index (χ0) is 31.6. The number of nitrogen functional groups attached to an aromatic ring is 1. The fraction of sp³-hybridized carbons (Fsp3) is 0.571. The zero-order valence-corrected chi connectivity index (χ0v) is 26.6. The van der Waals surface area contributed by atoms with E-state index in [1.807, 2.05) is 0 Å². The van der Waals surface area contributed by atoms with Crippen LogP contribution in [-0.2, 0) is 18.8 Å². The van der Waals surface area contributed by atoms with Crippen LogP contribution in [0.4, 0.5) is 5.95 Å². The summed E-state index contributed by atoms with van der Waals surface area (Å²) in [5, 5.41) is 26.5. The molecule has 2 fully saturated rings. The molecule has 1 saturated heterocycles. The molecule has 0 amide bonds. The lowest BCUT2D eigenvalue weighted by molar-refractivity contribution is -0.158. The van der Waals surface area contributed by atoms with E-state index >= 15 is 0 Å². The van der Waals surface area contributed by atoms with Crippen LogP contribution < -0.4 is 20.3 Å². The van der Waals surface area contributed by atoms with Crippen molar-refractivity contribution >= 4 is 43.0 Å². The molecule has 0 spiro atoms. The van der Waals surface area contributed by atoms with Gasteiger partial charge in [-0.2, -0.15) is 9.97 Å². The Bertz CT molecular complexity index is 1450. The van der Waals surface area contributed by atoms with Gasteiger partial charge in [0.15, 0.2) is 17.4 Å². The summed E-state index contributed by atoms with van der Waals surface area (Å²) in [6, 6.07) is 6.88. The second kappa shape index (κ2) is 13.3. The summed E-state index contributed by atoms with van der Waals surface area (Å²) >= 11 is 6.01. The molecule has 3 heterocycles. The Morgan fingerprint density at radius 1 is 1.27 bits per heavy atom.